The van der Waals surface area contributed by atoms with Crippen molar-refractivity contribution in [2.45, 2.75) is 51.6 Å². The summed E-state index contributed by atoms with van der Waals surface area (Å²) in [6.45, 7) is 4.82. The van der Waals surface area contributed by atoms with Crippen LogP contribution in [0.2, 0.25) is 0 Å². The van der Waals surface area contributed by atoms with Gasteiger partial charge in [-0.25, -0.2) is 4.79 Å². The largest absolute Gasteiger partial charge is 0.508 e. The van der Waals surface area contributed by atoms with Crippen LogP contribution >= 0.6 is 0 Å². The number of amides is 4. The van der Waals surface area contributed by atoms with Gasteiger partial charge in [0.05, 0.1) is 13.1 Å². The molecule has 226 valence electrons. The number of nitrogens with zero attached hydrogens (tertiary/aromatic N) is 4. The zero-order valence-electron chi connectivity index (χ0n) is 25.0. The second kappa shape index (κ2) is 12.4. The molecule has 0 unspecified atom stereocenters. The predicted octanol–water partition coefficient (Wildman–Crippen LogP) is 4.50. The Morgan fingerprint density at radius 2 is 1.61 bits per heavy atom. The van der Waals surface area contributed by atoms with Crippen LogP contribution in [-0.2, 0) is 29.1 Å². The molecule has 2 aliphatic heterocycles. The van der Waals surface area contributed by atoms with E-state index in [-0.39, 0.29) is 42.7 Å². The molecule has 6 rings (SSSR count). The van der Waals surface area contributed by atoms with E-state index in [0.717, 1.165) is 27.5 Å². The quantitative estimate of drug-likeness (QED) is 0.315. The molecule has 4 aromatic rings. The van der Waals surface area contributed by atoms with Gasteiger partial charge in [-0.3, -0.25) is 14.6 Å². The van der Waals surface area contributed by atoms with E-state index in [9.17, 15) is 19.5 Å². The first kappa shape index (κ1) is 29.2. The third kappa shape index (κ3) is 5.83. The van der Waals surface area contributed by atoms with Crippen molar-refractivity contribution < 1.29 is 19.5 Å². The van der Waals surface area contributed by atoms with Crippen molar-refractivity contribution in [2.24, 2.45) is 0 Å². The molecule has 2 N–H and O–H groups in total. The Kier molecular flexibility index (Phi) is 8.21. The van der Waals surface area contributed by atoms with Crippen molar-refractivity contribution >= 4 is 28.6 Å². The fraction of sp³-hybridized carbons (Fsp3) is 0.286. The van der Waals surface area contributed by atoms with Crippen LogP contribution in [0.4, 0.5) is 4.79 Å². The Bertz CT molecular complexity index is 1650. The second-order valence-electron chi connectivity index (χ2n) is 11.7. The number of phenolic OH excluding ortho intramolecular Hbond substituents is 1. The number of nitrogens with one attached hydrogen (secondary N) is 1. The number of phenols is 1. The average Bonchev–Trinajstić information content (AvgIpc) is 3.34. The molecule has 0 radical (unpaired) electrons. The van der Waals surface area contributed by atoms with Crippen LogP contribution in [0.5, 0.6) is 5.75 Å². The van der Waals surface area contributed by atoms with Crippen LogP contribution in [-0.4, -0.2) is 74.1 Å². The fourth-order valence-electron chi connectivity index (χ4n) is 6.36. The molecule has 9 nitrogen and oxygen atoms in total. The van der Waals surface area contributed by atoms with Crippen LogP contribution in [0.3, 0.4) is 0 Å². The molecule has 0 saturated carbocycles. The number of hydrogen-bond acceptors (Lipinski definition) is 5. The normalized spacial score (nSPS) is 18.6. The summed E-state index contributed by atoms with van der Waals surface area (Å²) in [5.41, 5.74) is 2.83. The minimum Gasteiger partial charge on any atom is -0.508 e. The minimum absolute atomic E-state index is 0.0108. The maximum absolute atomic E-state index is 14.2. The van der Waals surface area contributed by atoms with Crippen molar-refractivity contribution in [1.82, 2.24) is 25.1 Å². The summed E-state index contributed by atoms with van der Waals surface area (Å²) in [7, 11) is 0. The molecule has 2 atom stereocenters. The zero-order valence-corrected chi connectivity index (χ0v) is 25.0. The molecule has 4 amide bonds. The van der Waals surface area contributed by atoms with Gasteiger partial charge in [0.25, 0.3) is 0 Å². The molecule has 0 aromatic heterocycles. The highest BCUT2D eigenvalue weighted by molar-refractivity contribution is 5.92. The average molecular weight is 592 g/mol. The maximum atomic E-state index is 14.2. The standard InChI is InChI=1S/C35H37N5O4/c1-24(2)40(35(44)36-20-26-9-4-3-5-10-26)38-23-33(42)39-31(19-25-15-17-29(41)18-16-25)34(43)37(22-32(38)39)21-28-13-8-12-27-11-6-7-14-30(27)28/h3-18,24,31-32,41H,19-23H2,1-2H3,(H,36,44)/t31-,32+/m0/s1. The topological polar surface area (TPSA) is 96.4 Å². The highest BCUT2D eigenvalue weighted by Gasteiger charge is 2.52. The van der Waals surface area contributed by atoms with E-state index in [0.29, 0.717) is 19.5 Å². The smallest absolute Gasteiger partial charge is 0.332 e. The van der Waals surface area contributed by atoms with Gasteiger partial charge in [-0.2, -0.15) is 5.01 Å². The number of rotatable bonds is 8. The van der Waals surface area contributed by atoms with Gasteiger partial charge in [-0.15, -0.1) is 0 Å². The van der Waals surface area contributed by atoms with E-state index < -0.39 is 12.2 Å². The number of fused-ring (bicyclic) bond motifs is 2. The van der Waals surface area contributed by atoms with Gasteiger partial charge in [0.1, 0.15) is 18.0 Å². The lowest BCUT2D eigenvalue weighted by molar-refractivity contribution is -0.158. The summed E-state index contributed by atoms with van der Waals surface area (Å²) in [5.74, 6) is -0.197. The molecule has 44 heavy (non-hydrogen) atoms. The van der Waals surface area contributed by atoms with E-state index in [2.05, 4.69) is 23.5 Å². The number of hydrazine groups is 1. The van der Waals surface area contributed by atoms with Crippen LogP contribution in [0, 0.1) is 0 Å². The van der Waals surface area contributed by atoms with Crippen LogP contribution in [0.25, 0.3) is 10.8 Å². The first-order valence-electron chi connectivity index (χ1n) is 15.0. The lowest BCUT2D eigenvalue weighted by atomic mass is 9.99. The molecule has 2 heterocycles. The van der Waals surface area contributed by atoms with Crippen LogP contribution < -0.4 is 5.32 Å². The van der Waals surface area contributed by atoms with Gasteiger partial charge >= 0.3 is 6.03 Å². The monoisotopic (exact) mass is 591 g/mol. The van der Waals surface area contributed by atoms with Gasteiger partial charge in [-0.05, 0) is 53.4 Å². The van der Waals surface area contributed by atoms with Crippen molar-refractivity contribution in [2.75, 3.05) is 13.1 Å². The molecule has 4 aromatic carbocycles. The number of aromatic hydroxyl groups is 1. The summed E-state index contributed by atoms with van der Waals surface area (Å²) in [6.07, 6.45) is -0.231. The van der Waals surface area contributed by atoms with Gasteiger partial charge in [-0.1, -0.05) is 84.9 Å². The van der Waals surface area contributed by atoms with Crippen LogP contribution in [0.1, 0.15) is 30.5 Å². The van der Waals surface area contributed by atoms with Gasteiger partial charge in [0, 0.05) is 25.6 Å². The SMILES string of the molecule is CC(C)N(C(=O)NCc1ccccc1)N1CC(=O)N2[C@@H](Cc3ccc(O)cc3)C(=O)N(Cc3cccc4ccccc34)C[C@@H]21. The first-order valence-corrected chi connectivity index (χ1v) is 15.0. The molecule has 2 aliphatic rings. The van der Waals surface area contributed by atoms with E-state index in [1.165, 1.54) is 0 Å². The summed E-state index contributed by atoms with van der Waals surface area (Å²) in [5, 5.41) is 18.4. The molecule has 2 fully saturated rings. The predicted molar refractivity (Wildman–Crippen MR) is 168 cm³/mol. The highest BCUT2D eigenvalue weighted by Crippen LogP contribution is 2.32. The van der Waals surface area contributed by atoms with Gasteiger partial charge < -0.3 is 20.2 Å². The molecule has 0 bridgehead atoms. The Morgan fingerprint density at radius 1 is 0.909 bits per heavy atom. The fourth-order valence-corrected chi connectivity index (χ4v) is 6.36. The van der Waals surface area contributed by atoms with Crippen molar-refractivity contribution in [3.8, 4) is 5.75 Å². The summed E-state index contributed by atoms with van der Waals surface area (Å²) < 4.78 is 0. The van der Waals surface area contributed by atoms with Crippen molar-refractivity contribution in [3.05, 3.63) is 114 Å². The summed E-state index contributed by atoms with van der Waals surface area (Å²) in [6, 6.07) is 29.3. The molecule has 0 spiro atoms. The third-order valence-electron chi connectivity index (χ3n) is 8.43. The molecular formula is C35H37N5O4. The number of hydrogen-bond donors (Lipinski definition) is 2. The number of piperazine rings is 1. The van der Waals surface area contributed by atoms with Gasteiger partial charge in [0.15, 0.2) is 0 Å². The maximum Gasteiger partial charge on any atom is 0.332 e. The van der Waals surface area contributed by atoms with E-state index in [1.807, 2.05) is 78.4 Å². The first-order chi connectivity index (χ1) is 21.3. The number of carbonyl (C=O) groups excluding carboxylic acids is 3. The summed E-state index contributed by atoms with van der Waals surface area (Å²) >= 11 is 0. The Hall–Kier alpha value is -4.89. The van der Waals surface area contributed by atoms with Crippen molar-refractivity contribution in [1.29, 1.82) is 0 Å². The second-order valence-corrected chi connectivity index (χ2v) is 11.7. The van der Waals surface area contributed by atoms with E-state index in [1.54, 1.807) is 34.2 Å². The Balaban J connectivity index is 1.32. The van der Waals surface area contributed by atoms with Gasteiger partial charge in [0.2, 0.25) is 11.8 Å². The van der Waals surface area contributed by atoms with Crippen molar-refractivity contribution in [3.63, 3.8) is 0 Å². The lowest BCUT2D eigenvalue weighted by Gasteiger charge is -2.47. The highest BCUT2D eigenvalue weighted by atomic mass is 16.3. The molecule has 0 aliphatic carbocycles. The van der Waals surface area contributed by atoms with E-state index in [4.69, 9.17) is 0 Å². The zero-order chi connectivity index (χ0) is 30.8. The number of carbonyl (C=O) groups is 3. The van der Waals surface area contributed by atoms with E-state index >= 15 is 0 Å². The van der Waals surface area contributed by atoms with Crippen LogP contribution in [0.15, 0.2) is 97.1 Å². The molecule has 2 saturated heterocycles. The Labute approximate surface area is 257 Å². The molecule has 9 heteroatoms. The number of urea groups is 1. The third-order valence-corrected chi connectivity index (χ3v) is 8.43. The number of benzene rings is 4. The minimum atomic E-state index is -0.757. The molecular weight excluding hydrogens is 554 g/mol. The summed E-state index contributed by atoms with van der Waals surface area (Å²) in [4.78, 5) is 45.0. The lowest BCUT2D eigenvalue weighted by Crippen LogP contribution is -2.66. The Morgan fingerprint density at radius 3 is 2.36 bits per heavy atom.